The van der Waals surface area contributed by atoms with E-state index in [1.54, 1.807) is 7.11 Å². The lowest BCUT2D eigenvalue weighted by Crippen LogP contribution is -2.34. The van der Waals surface area contributed by atoms with Crippen molar-refractivity contribution < 1.29 is 4.74 Å². The SMILES string of the molecule is COCC1CCN(Cc2cccc(N)c2)CC1.Cl. The summed E-state index contributed by atoms with van der Waals surface area (Å²) >= 11 is 0. The predicted octanol–water partition coefficient (Wildman–Crippen LogP) is 2.55. The molecule has 2 N–H and O–H groups in total. The maximum absolute atomic E-state index is 5.79. The molecule has 1 aliphatic rings. The molecule has 2 rings (SSSR count). The molecule has 0 spiro atoms. The lowest BCUT2D eigenvalue weighted by atomic mass is 9.97. The van der Waals surface area contributed by atoms with Crippen molar-refractivity contribution in [2.75, 3.05) is 32.5 Å². The molecule has 1 fully saturated rings. The van der Waals surface area contributed by atoms with Crippen LogP contribution in [-0.2, 0) is 11.3 Å². The van der Waals surface area contributed by atoms with Gasteiger partial charge in [-0.15, -0.1) is 12.4 Å². The van der Waals surface area contributed by atoms with Gasteiger partial charge in [0.1, 0.15) is 0 Å². The Bertz CT molecular complexity index is 351. The van der Waals surface area contributed by atoms with Crippen LogP contribution in [-0.4, -0.2) is 31.7 Å². The number of hydrogen-bond acceptors (Lipinski definition) is 3. The molecule has 3 nitrogen and oxygen atoms in total. The van der Waals surface area contributed by atoms with Gasteiger partial charge in [-0.25, -0.2) is 0 Å². The first kappa shape index (κ1) is 15.3. The normalized spacial score (nSPS) is 17.4. The lowest BCUT2D eigenvalue weighted by molar-refractivity contribution is 0.0968. The van der Waals surface area contributed by atoms with Crippen LogP contribution in [0.2, 0.25) is 0 Å². The van der Waals surface area contributed by atoms with Crippen molar-refractivity contribution in [1.29, 1.82) is 0 Å². The molecule has 1 aliphatic heterocycles. The van der Waals surface area contributed by atoms with Crippen LogP contribution in [0.3, 0.4) is 0 Å². The van der Waals surface area contributed by atoms with Gasteiger partial charge in [0.15, 0.2) is 0 Å². The Labute approximate surface area is 116 Å². The zero-order valence-electron chi connectivity index (χ0n) is 11.0. The van der Waals surface area contributed by atoms with Crippen molar-refractivity contribution in [3.05, 3.63) is 29.8 Å². The highest BCUT2D eigenvalue weighted by Crippen LogP contribution is 2.19. The van der Waals surface area contributed by atoms with Crippen molar-refractivity contribution in [1.82, 2.24) is 4.90 Å². The molecule has 18 heavy (non-hydrogen) atoms. The van der Waals surface area contributed by atoms with Crippen LogP contribution < -0.4 is 5.73 Å². The minimum Gasteiger partial charge on any atom is -0.399 e. The number of benzene rings is 1. The van der Waals surface area contributed by atoms with E-state index in [1.807, 2.05) is 12.1 Å². The van der Waals surface area contributed by atoms with Gasteiger partial charge in [-0.2, -0.15) is 0 Å². The van der Waals surface area contributed by atoms with E-state index in [9.17, 15) is 0 Å². The van der Waals surface area contributed by atoms with Gasteiger partial charge in [0.2, 0.25) is 0 Å². The predicted molar refractivity (Wildman–Crippen MR) is 78.0 cm³/mol. The highest BCUT2D eigenvalue weighted by Gasteiger charge is 2.18. The van der Waals surface area contributed by atoms with Crippen LogP contribution >= 0.6 is 12.4 Å². The van der Waals surface area contributed by atoms with Gasteiger partial charge in [-0.1, -0.05) is 12.1 Å². The summed E-state index contributed by atoms with van der Waals surface area (Å²) in [5, 5.41) is 0. The van der Waals surface area contributed by atoms with Gasteiger partial charge in [0.05, 0.1) is 0 Å². The maximum Gasteiger partial charge on any atom is 0.0491 e. The average Bonchev–Trinajstić information content (AvgIpc) is 2.32. The van der Waals surface area contributed by atoms with Gasteiger partial charge < -0.3 is 10.5 Å². The van der Waals surface area contributed by atoms with Crippen molar-refractivity contribution in [2.45, 2.75) is 19.4 Å². The highest BCUT2D eigenvalue weighted by molar-refractivity contribution is 5.85. The minimum atomic E-state index is 0. The van der Waals surface area contributed by atoms with Crippen molar-refractivity contribution >= 4 is 18.1 Å². The van der Waals surface area contributed by atoms with Crippen LogP contribution in [0.4, 0.5) is 5.69 Å². The largest absolute Gasteiger partial charge is 0.399 e. The summed E-state index contributed by atoms with van der Waals surface area (Å²) in [5.41, 5.74) is 7.96. The van der Waals surface area contributed by atoms with Gasteiger partial charge >= 0.3 is 0 Å². The third kappa shape index (κ3) is 4.48. The van der Waals surface area contributed by atoms with Gasteiger partial charge in [0, 0.05) is 25.9 Å². The maximum atomic E-state index is 5.79. The standard InChI is InChI=1S/C14H22N2O.ClH/c1-17-11-12-5-7-16(8-6-12)10-13-3-2-4-14(15)9-13;/h2-4,9,12H,5-8,10-11,15H2,1H3;1H. The number of anilines is 1. The van der Waals surface area contributed by atoms with Crippen LogP contribution in [0.5, 0.6) is 0 Å². The Morgan fingerprint density at radius 3 is 2.67 bits per heavy atom. The first-order valence-electron chi connectivity index (χ1n) is 6.33. The number of piperidine rings is 1. The Morgan fingerprint density at radius 2 is 2.06 bits per heavy atom. The summed E-state index contributed by atoms with van der Waals surface area (Å²) in [6, 6.07) is 8.19. The topological polar surface area (TPSA) is 38.5 Å². The number of halogens is 1. The van der Waals surface area contributed by atoms with E-state index >= 15 is 0 Å². The second-order valence-electron chi connectivity index (χ2n) is 4.92. The smallest absolute Gasteiger partial charge is 0.0491 e. The molecule has 0 amide bonds. The van der Waals surface area contributed by atoms with E-state index in [4.69, 9.17) is 10.5 Å². The second-order valence-corrected chi connectivity index (χ2v) is 4.92. The molecule has 1 heterocycles. The monoisotopic (exact) mass is 270 g/mol. The summed E-state index contributed by atoms with van der Waals surface area (Å²) in [4.78, 5) is 2.50. The van der Waals surface area contributed by atoms with E-state index in [2.05, 4.69) is 17.0 Å². The van der Waals surface area contributed by atoms with E-state index in [-0.39, 0.29) is 12.4 Å². The molecule has 1 saturated heterocycles. The number of methoxy groups -OCH3 is 1. The van der Waals surface area contributed by atoms with E-state index in [0.717, 1.165) is 24.8 Å². The van der Waals surface area contributed by atoms with Crippen LogP contribution in [0, 0.1) is 5.92 Å². The molecular formula is C14H23ClN2O. The number of nitrogens with zero attached hydrogens (tertiary/aromatic N) is 1. The highest BCUT2D eigenvalue weighted by atomic mass is 35.5. The molecule has 0 aromatic heterocycles. The van der Waals surface area contributed by atoms with E-state index in [0.29, 0.717) is 0 Å². The van der Waals surface area contributed by atoms with Crippen LogP contribution in [0.15, 0.2) is 24.3 Å². The zero-order chi connectivity index (χ0) is 12.1. The number of nitrogen functional groups attached to an aromatic ring is 1. The number of ether oxygens (including phenoxy) is 1. The summed E-state index contributed by atoms with van der Waals surface area (Å²) in [6.07, 6.45) is 2.49. The summed E-state index contributed by atoms with van der Waals surface area (Å²) < 4.78 is 5.22. The first-order chi connectivity index (χ1) is 8.28. The molecule has 0 saturated carbocycles. The van der Waals surface area contributed by atoms with Gasteiger partial charge in [-0.3, -0.25) is 4.90 Å². The van der Waals surface area contributed by atoms with Crippen molar-refractivity contribution in [2.24, 2.45) is 5.92 Å². The number of rotatable bonds is 4. The third-order valence-electron chi connectivity index (χ3n) is 3.47. The quantitative estimate of drug-likeness (QED) is 0.855. The molecule has 102 valence electrons. The van der Waals surface area contributed by atoms with Crippen LogP contribution in [0.25, 0.3) is 0 Å². The molecule has 1 aromatic rings. The second kappa shape index (κ2) is 7.62. The fourth-order valence-corrected chi connectivity index (χ4v) is 2.50. The molecule has 0 aliphatic carbocycles. The summed E-state index contributed by atoms with van der Waals surface area (Å²) in [5.74, 6) is 0.747. The first-order valence-corrected chi connectivity index (χ1v) is 6.33. The number of hydrogen-bond donors (Lipinski definition) is 1. The molecule has 0 bridgehead atoms. The lowest BCUT2D eigenvalue weighted by Gasteiger charge is -2.31. The Kier molecular flexibility index (Phi) is 6.47. The van der Waals surface area contributed by atoms with E-state index in [1.165, 1.54) is 31.5 Å². The molecule has 0 atom stereocenters. The molecule has 4 heteroatoms. The molecule has 0 radical (unpaired) electrons. The number of nitrogens with two attached hydrogens (primary N) is 1. The molecule has 0 unspecified atom stereocenters. The third-order valence-corrected chi connectivity index (χ3v) is 3.47. The van der Waals surface area contributed by atoms with Gasteiger partial charge in [-0.05, 0) is 49.5 Å². The Morgan fingerprint density at radius 1 is 1.33 bits per heavy atom. The summed E-state index contributed by atoms with van der Waals surface area (Å²) in [7, 11) is 1.79. The number of likely N-dealkylation sites (tertiary alicyclic amines) is 1. The Balaban J connectivity index is 0.00000162. The fraction of sp³-hybridized carbons (Fsp3) is 0.571. The molecule has 1 aromatic carbocycles. The Hall–Kier alpha value is -0.770. The van der Waals surface area contributed by atoms with Gasteiger partial charge in [0.25, 0.3) is 0 Å². The van der Waals surface area contributed by atoms with Crippen molar-refractivity contribution in [3.8, 4) is 0 Å². The summed E-state index contributed by atoms with van der Waals surface area (Å²) in [6.45, 7) is 4.27. The van der Waals surface area contributed by atoms with Crippen LogP contribution in [0.1, 0.15) is 18.4 Å². The zero-order valence-corrected chi connectivity index (χ0v) is 11.8. The van der Waals surface area contributed by atoms with Crippen molar-refractivity contribution in [3.63, 3.8) is 0 Å². The fourth-order valence-electron chi connectivity index (χ4n) is 2.50. The van der Waals surface area contributed by atoms with E-state index < -0.39 is 0 Å². The minimum absolute atomic E-state index is 0. The average molecular weight is 271 g/mol. The molecular weight excluding hydrogens is 248 g/mol.